The van der Waals surface area contributed by atoms with Crippen LogP contribution in [-0.4, -0.2) is 48.9 Å². The molecule has 7 aromatic rings. The van der Waals surface area contributed by atoms with Gasteiger partial charge < -0.3 is 20.1 Å². The minimum Gasteiger partial charge on any atom is -0.478 e. The van der Waals surface area contributed by atoms with Gasteiger partial charge in [0.25, 0.3) is 0 Å². The van der Waals surface area contributed by atoms with Crippen LogP contribution in [0, 0.1) is 0 Å². The number of aliphatic hydroxyl groups excluding tert-OH is 1. The van der Waals surface area contributed by atoms with Gasteiger partial charge in [0.1, 0.15) is 5.82 Å². The smallest absolute Gasteiger partial charge is 0.336 e. The number of pyridine rings is 2. The maximum Gasteiger partial charge on any atom is 0.336 e. The van der Waals surface area contributed by atoms with Crippen LogP contribution in [-0.2, 0) is 0 Å². The molecule has 250 valence electrons. The zero-order valence-electron chi connectivity index (χ0n) is 27.8. The highest BCUT2D eigenvalue weighted by atomic mass is 16.4. The molecule has 3 aromatic heterocycles. The molecule has 3 N–H and O–H groups in total. The Bertz CT molecular complexity index is 2340. The number of carboxylic acids is 1. The summed E-state index contributed by atoms with van der Waals surface area (Å²) in [6.45, 7) is 0.887. The zero-order valence-corrected chi connectivity index (χ0v) is 27.8. The number of benzene rings is 4. The number of carboxylic acid groups (broad SMARTS) is 1. The summed E-state index contributed by atoms with van der Waals surface area (Å²) in [7, 11) is 0. The van der Waals surface area contributed by atoms with Gasteiger partial charge in [0, 0.05) is 58.5 Å². The SMILES string of the molecule is O=C(O)c1ccc2c(nc(-c3ccc4nc(-c5ccccc5)cc(NCCCCO)c4c3)n2C2CCCCC2)c1-c1ccc2ncccc2c1. The maximum atomic E-state index is 12.7. The van der Waals surface area contributed by atoms with Crippen molar-refractivity contribution in [3.63, 3.8) is 0 Å². The van der Waals surface area contributed by atoms with Gasteiger partial charge in [-0.15, -0.1) is 0 Å². The molecule has 0 aliphatic heterocycles. The Morgan fingerprint density at radius 1 is 0.800 bits per heavy atom. The molecule has 0 unspecified atom stereocenters. The first kappa shape index (κ1) is 31.7. The van der Waals surface area contributed by atoms with Gasteiger partial charge in [-0.05, 0) is 85.8 Å². The molecule has 3 heterocycles. The maximum absolute atomic E-state index is 12.7. The van der Waals surface area contributed by atoms with E-state index in [0.717, 1.165) is 106 Å². The number of aromatic carboxylic acids is 1. The van der Waals surface area contributed by atoms with Crippen molar-refractivity contribution in [1.82, 2.24) is 19.5 Å². The zero-order chi connectivity index (χ0) is 34.0. The lowest BCUT2D eigenvalue weighted by Crippen LogP contribution is -2.14. The minimum absolute atomic E-state index is 0.164. The second-order valence-electron chi connectivity index (χ2n) is 13.2. The minimum atomic E-state index is -0.982. The van der Waals surface area contributed by atoms with Crippen LogP contribution in [0.3, 0.4) is 0 Å². The fraction of sp³-hybridized carbons (Fsp3) is 0.238. The Balaban J connectivity index is 1.34. The van der Waals surface area contributed by atoms with Gasteiger partial charge in [-0.2, -0.15) is 0 Å². The summed E-state index contributed by atoms with van der Waals surface area (Å²) in [4.78, 5) is 27.6. The van der Waals surface area contributed by atoms with Gasteiger partial charge in [0.15, 0.2) is 0 Å². The third-order valence-electron chi connectivity index (χ3n) is 9.96. The monoisotopic (exact) mass is 661 g/mol. The number of unbranched alkanes of at least 4 members (excludes halogenated alkanes) is 1. The molecule has 8 heteroatoms. The molecule has 8 nitrogen and oxygen atoms in total. The molecule has 0 saturated heterocycles. The van der Waals surface area contributed by atoms with Crippen LogP contribution >= 0.6 is 0 Å². The van der Waals surface area contributed by atoms with E-state index in [-0.39, 0.29) is 18.2 Å². The van der Waals surface area contributed by atoms with E-state index in [1.54, 1.807) is 12.3 Å². The molecule has 0 atom stereocenters. The van der Waals surface area contributed by atoms with Crippen LogP contribution in [0.4, 0.5) is 5.69 Å². The third kappa shape index (κ3) is 5.96. The van der Waals surface area contributed by atoms with Crippen molar-refractivity contribution in [1.29, 1.82) is 0 Å². The number of aromatic nitrogens is 4. The first-order valence-electron chi connectivity index (χ1n) is 17.6. The molecule has 1 fully saturated rings. The lowest BCUT2D eigenvalue weighted by atomic mass is 9.94. The summed E-state index contributed by atoms with van der Waals surface area (Å²) in [5.74, 6) is -0.150. The number of anilines is 1. The van der Waals surface area contributed by atoms with Gasteiger partial charge >= 0.3 is 5.97 Å². The van der Waals surface area contributed by atoms with Gasteiger partial charge in [0.05, 0.1) is 33.3 Å². The normalized spacial score (nSPS) is 13.7. The molecule has 4 aromatic carbocycles. The number of hydrogen-bond donors (Lipinski definition) is 3. The average molecular weight is 662 g/mol. The van der Waals surface area contributed by atoms with Crippen molar-refractivity contribution >= 4 is 44.5 Å². The van der Waals surface area contributed by atoms with Crippen molar-refractivity contribution in [2.24, 2.45) is 0 Å². The fourth-order valence-electron chi connectivity index (χ4n) is 7.50. The van der Waals surface area contributed by atoms with Crippen LogP contribution in [0.15, 0.2) is 103 Å². The number of nitrogens with zero attached hydrogens (tertiary/aromatic N) is 4. The van der Waals surface area contributed by atoms with E-state index in [9.17, 15) is 15.0 Å². The number of aliphatic hydroxyl groups is 1. The Morgan fingerprint density at radius 3 is 2.44 bits per heavy atom. The van der Waals surface area contributed by atoms with Gasteiger partial charge in [0.2, 0.25) is 0 Å². The number of hydrogen-bond acceptors (Lipinski definition) is 6. The second-order valence-corrected chi connectivity index (χ2v) is 13.2. The first-order chi connectivity index (χ1) is 24.6. The van der Waals surface area contributed by atoms with E-state index >= 15 is 0 Å². The summed E-state index contributed by atoms with van der Waals surface area (Å²) in [6.07, 6.45) is 8.94. The van der Waals surface area contributed by atoms with Crippen LogP contribution in [0.1, 0.15) is 61.3 Å². The van der Waals surface area contributed by atoms with Crippen LogP contribution in [0.2, 0.25) is 0 Å². The molecule has 0 bridgehead atoms. The predicted octanol–water partition coefficient (Wildman–Crippen LogP) is 9.52. The van der Waals surface area contributed by atoms with Gasteiger partial charge in [-0.1, -0.05) is 61.7 Å². The van der Waals surface area contributed by atoms with Crippen LogP contribution < -0.4 is 5.32 Å². The highest BCUT2D eigenvalue weighted by Crippen LogP contribution is 2.41. The fourth-order valence-corrected chi connectivity index (χ4v) is 7.50. The summed E-state index contributed by atoms with van der Waals surface area (Å²) in [5, 5.41) is 25.4. The van der Waals surface area contributed by atoms with E-state index in [2.05, 4.69) is 51.3 Å². The number of nitrogens with one attached hydrogen (secondary N) is 1. The molecular formula is C42H39N5O3. The Kier molecular flexibility index (Phi) is 8.69. The summed E-state index contributed by atoms with van der Waals surface area (Å²) >= 11 is 0. The molecule has 0 radical (unpaired) electrons. The van der Waals surface area contributed by atoms with E-state index < -0.39 is 5.97 Å². The topological polar surface area (TPSA) is 113 Å². The quantitative estimate of drug-likeness (QED) is 0.125. The summed E-state index contributed by atoms with van der Waals surface area (Å²) in [6, 6.07) is 32.4. The van der Waals surface area contributed by atoms with E-state index in [0.29, 0.717) is 11.1 Å². The summed E-state index contributed by atoms with van der Waals surface area (Å²) < 4.78 is 2.37. The molecule has 8 rings (SSSR count). The molecule has 1 aliphatic carbocycles. The second kappa shape index (κ2) is 13.7. The highest BCUT2D eigenvalue weighted by Gasteiger charge is 2.27. The number of rotatable bonds is 10. The lowest BCUT2D eigenvalue weighted by molar-refractivity contribution is 0.0698. The van der Waals surface area contributed by atoms with Crippen molar-refractivity contribution in [2.75, 3.05) is 18.5 Å². The van der Waals surface area contributed by atoms with E-state index in [4.69, 9.17) is 9.97 Å². The van der Waals surface area contributed by atoms with E-state index in [1.165, 1.54) is 6.42 Å². The van der Waals surface area contributed by atoms with Gasteiger partial charge in [-0.3, -0.25) is 4.98 Å². The Hall–Kier alpha value is -5.60. The number of fused-ring (bicyclic) bond motifs is 3. The van der Waals surface area contributed by atoms with Crippen molar-refractivity contribution in [3.8, 4) is 33.8 Å². The molecule has 0 amide bonds. The van der Waals surface area contributed by atoms with E-state index in [1.807, 2.05) is 54.6 Å². The molecule has 50 heavy (non-hydrogen) atoms. The molecule has 1 saturated carbocycles. The first-order valence-corrected chi connectivity index (χ1v) is 17.6. The lowest BCUT2D eigenvalue weighted by Gasteiger charge is -2.26. The highest BCUT2D eigenvalue weighted by molar-refractivity contribution is 6.07. The predicted molar refractivity (Wildman–Crippen MR) is 201 cm³/mol. The molecule has 1 aliphatic rings. The standard InChI is InChI=1S/C42H39N5O3/c48-23-8-7-21-44-37-26-36(27-10-3-1-4-11-27)45-35-19-16-30(25-33(35)37)41-46-40-38(47(41)31-13-5-2-6-14-31)20-17-32(42(49)50)39(40)29-15-18-34-28(24-29)12-9-22-43-34/h1,3-4,9-12,15-20,22,24-26,31,48H,2,5-8,13-14,21,23H2,(H,44,45)(H,49,50). The average Bonchev–Trinajstić information content (AvgIpc) is 3.56. The largest absolute Gasteiger partial charge is 0.478 e. The van der Waals surface area contributed by atoms with Gasteiger partial charge in [-0.25, -0.2) is 14.8 Å². The number of imidazole rings is 1. The molecular weight excluding hydrogens is 622 g/mol. The Labute approximate surface area is 290 Å². The van der Waals surface area contributed by atoms with Crippen LogP contribution in [0.5, 0.6) is 0 Å². The van der Waals surface area contributed by atoms with Crippen molar-refractivity contribution in [2.45, 2.75) is 51.0 Å². The van der Waals surface area contributed by atoms with Crippen molar-refractivity contribution in [3.05, 3.63) is 109 Å². The third-order valence-corrected chi connectivity index (χ3v) is 9.96. The number of carbonyl (C=O) groups is 1. The Morgan fingerprint density at radius 2 is 1.62 bits per heavy atom. The molecule has 0 spiro atoms. The summed E-state index contributed by atoms with van der Waals surface area (Å²) in [5.41, 5.74) is 8.89. The van der Waals surface area contributed by atoms with Crippen molar-refractivity contribution < 1.29 is 15.0 Å². The van der Waals surface area contributed by atoms with Crippen LogP contribution in [0.25, 0.3) is 66.6 Å².